The molecule has 5 heteroatoms. The number of aromatic nitrogens is 5. The summed E-state index contributed by atoms with van der Waals surface area (Å²) in [6.45, 7) is 17.6. The zero-order valence-electron chi connectivity index (χ0n) is 39.0. The molecule has 0 saturated heterocycles. The molecule has 0 amide bonds. The Kier molecular flexibility index (Phi) is 9.92. The maximum absolute atomic E-state index is 5.08. The lowest BCUT2D eigenvalue weighted by molar-refractivity contribution is 0.661. The Morgan fingerprint density at radius 3 is 1.76 bits per heavy atom. The van der Waals surface area contributed by atoms with E-state index in [1.165, 1.54) is 77.4 Å². The average molecular weight is 856 g/mol. The fourth-order valence-corrected chi connectivity index (χ4v) is 10.3. The molecule has 0 bridgehead atoms. The van der Waals surface area contributed by atoms with Gasteiger partial charge in [-0.2, -0.15) is 0 Å². The van der Waals surface area contributed by atoms with Crippen molar-refractivity contribution in [2.45, 2.75) is 72.6 Å². The molecule has 0 fully saturated rings. The van der Waals surface area contributed by atoms with Crippen molar-refractivity contribution in [1.29, 1.82) is 0 Å². The van der Waals surface area contributed by atoms with E-state index in [9.17, 15) is 0 Å². The second kappa shape index (κ2) is 15.9. The fraction of sp³-hybridized carbons (Fsp3) is 0.180. The van der Waals surface area contributed by atoms with Crippen LogP contribution in [0.4, 0.5) is 0 Å². The summed E-state index contributed by atoms with van der Waals surface area (Å²) in [4.78, 5) is 19.6. The molecule has 1 aliphatic rings. The first-order valence-electron chi connectivity index (χ1n) is 23.3. The van der Waals surface area contributed by atoms with Crippen LogP contribution in [0.1, 0.15) is 87.3 Å². The summed E-state index contributed by atoms with van der Waals surface area (Å²) in [5.41, 5.74) is 21.2. The Labute approximate surface area is 388 Å². The number of benzene rings is 7. The number of pyridine rings is 1. The summed E-state index contributed by atoms with van der Waals surface area (Å²) in [6.07, 6.45) is 1.91. The quantitative estimate of drug-likeness (QED) is 0.153. The van der Waals surface area contributed by atoms with Crippen molar-refractivity contribution in [3.63, 3.8) is 0 Å². The molecule has 11 rings (SSSR count). The van der Waals surface area contributed by atoms with Crippen LogP contribution in [0.2, 0.25) is 0 Å². The molecule has 1 aliphatic carbocycles. The maximum Gasteiger partial charge on any atom is 0.164 e. The minimum atomic E-state index is -0.118. The first-order chi connectivity index (χ1) is 31.9. The third-order valence-electron chi connectivity index (χ3n) is 13.6. The molecule has 66 heavy (non-hydrogen) atoms. The number of fused-ring (bicyclic) bond motifs is 6. The molecule has 0 unspecified atom stereocenters. The fourth-order valence-electron chi connectivity index (χ4n) is 10.3. The van der Waals surface area contributed by atoms with Crippen LogP contribution in [0.5, 0.6) is 0 Å². The van der Waals surface area contributed by atoms with E-state index in [1.54, 1.807) is 0 Å². The minimum Gasteiger partial charge on any atom is -0.309 e. The molecule has 0 aliphatic heterocycles. The van der Waals surface area contributed by atoms with Crippen LogP contribution in [-0.4, -0.2) is 24.5 Å². The smallest absolute Gasteiger partial charge is 0.164 e. The van der Waals surface area contributed by atoms with Crippen molar-refractivity contribution in [3.8, 4) is 72.8 Å². The molecular formula is C61H53N5. The average Bonchev–Trinajstić information content (AvgIpc) is 3.77. The first-order valence-corrected chi connectivity index (χ1v) is 23.3. The van der Waals surface area contributed by atoms with Crippen LogP contribution in [0.15, 0.2) is 164 Å². The molecule has 0 spiro atoms. The maximum atomic E-state index is 5.08. The van der Waals surface area contributed by atoms with E-state index >= 15 is 0 Å². The largest absolute Gasteiger partial charge is 0.309 e. The molecule has 3 aromatic heterocycles. The van der Waals surface area contributed by atoms with Gasteiger partial charge in [-0.1, -0.05) is 156 Å². The molecule has 0 saturated carbocycles. The van der Waals surface area contributed by atoms with Gasteiger partial charge in [0, 0.05) is 51.0 Å². The van der Waals surface area contributed by atoms with Gasteiger partial charge in [-0.15, -0.1) is 0 Å². The molecule has 10 aromatic rings. The minimum absolute atomic E-state index is 0.118. The lowest BCUT2D eigenvalue weighted by Crippen LogP contribution is -2.14. The third kappa shape index (κ3) is 6.93. The van der Waals surface area contributed by atoms with Crippen molar-refractivity contribution in [3.05, 3.63) is 198 Å². The highest BCUT2D eigenvalue weighted by molar-refractivity contribution is 6.13. The second-order valence-corrected chi connectivity index (χ2v) is 19.3. The molecular weight excluding hydrogens is 803 g/mol. The number of hydrogen-bond donors (Lipinski definition) is 0. The summed E-state index contributed by atoms with van der Waals surface area (Å²) in [6, 6.07) is 58.4. The van der Waals surface area contributed by atoms with Crippen molar-refractivity contribution in [2.24, 2.45) is 0 Å². The number of para-hydroxylation sites is 1. The number of hydrogen-bond acceptors (Lipinski definition) is 4. The molecule has 5 nitrogen and oxygen atoms in total. The molecule has 0 atom stereocenters. The van der Waals surface area contributed by atoms with Crippen molar-refractivity contribution in [1.82, 2.24) is 24.5 Å². The summed E-state index contributed by atoms with van der Waals surface area (Å²) < 4.78 is 2.45. The Hall–Kier alpha value is -7.50. The Balaban J connectivity index is 1.13. The van der Waals surface area contributed by atoms with Crippen LogP contribution >= 0.6 is 0 Å². The SMILES string of the molecule is Cc1cc(C)cc(-c2ccccc2-c2ccc(-c3ccc(-c4nc(C(C)C)nc(C(C)C)n4)cn3)cc2-c2ccc3c(c2)c2cc4c(cc2n3-c2ccccc2)C(C)(C)c2ccccc2-4)c1. The predicted molar refractivity (Wildman–Crippen MR) is 274 cm³/mol. The van der Waals surface area contributed by atoms with Gasteiger partial charge in [0.2, 0.25) is 0 Å². The summed E-state index contributed by atoms with van der Waals surface area (Å²) in [5, 5.41) is 2.46. The highest BCUT2D eigenvalue weighted by atomic mass is 15.0. The molecule has 0 N–H and O–H groups in total. The van der Waals surface area contributed by atoms with Crippen LogP contribution in [0.3, 0.4) is 0 Å². The molecule has 3 heterocycles. The van der Waals surface area contributed by atoms with Crippen LogP contribution in [0, 0.1) is 13.8 Å². The summed E-state index contributed by atoms with van der Waals surface area (Å²) in [7, 11) is 0. The Bertz CT molecular complexity index is 3470. The molecule has 0 radical (unpaired) electrons. The monoisotopic (exact) mass is 855 g/mol. The molecule has 7 aromatic carbocycles. The van der Waals surface area contributed by atoms with E-state index in [4.69, 9.17) is 19.9 Å². The lowest BCUT2D eigenvalue weighted by Gasteiger charge is -2.21. The van der Waals surface area contributed by atoms with Crippen LogP contribution in [0.25, 0.3) is 94.6 Å². The Morgan fingerprint density at radius 2 is 1.06 bits per heavy atom. The van der Waals surface area contributed by atoms with Gasteiger partial charge in [-0.25, -0.2) is 15.0 Å². The van der Waals surface area contributed by atoms with Crippen LogP contribution in [-0.2, 0) is 5.41 Å². The van der Waals surface area contributed by atoms with E-state index in [0.717, 1.165) is 45.3 Å². The number of aryl methyl sites for hydroxylation is 2. The summed E-state index contributed by atoms with van der Waals surface area (Å²) >= 11 is 0. The highest BCUT2D eigenvalue weighted by Gasteiger charge is 2.36. The topological polar surface area (TPSA) is 56.5 Å². The number of nitrogens with zero attached hydrogens (tertiary/aromatic N) is 5. The van der Waals surface area contributed by atoms with Gasteiger partial charge in [0.25, 0.3) is 0 Å². The molecule has 322 valence electrons. The number of rotatable bonds is 8. The van der Waals surface area contributed by atoms with Gasteiger partial charge in [-0.05, 0) is 124 Å². The predicted octanol–water partition coefficient (Wildman–Crippen LogP) is 15.9. The normalized spacial score (nSPS) is 12.9. The van der Waals surface area contributed by atoms with E-state index in [-0.39, 0.29) is 17.3 Å². The van der Waals surface area contributed by atoms with Gasteiger partial charge in [-0.3, -0.25) is 4.98 Å². The van der Waals surface area contributed by atoms with Gasteiger partial charge in [0.05, 0.1) is 16.7 Å². The lowest BCUT2D eigenvalue weighted by atomic mass is 9.82. The first kappa shape index (κ1) is 41.2. The van der Waals surface area contributed by atoms with E-state index < -0.39 is 0 Å². The van der Waals surface area contributed by atoms with Gasteiger partial charge < -0.3 is 4.57 Å². The van der Waals surface area contributed by atoms with Gasteiger partial charge >= 0.3 is 0 Å². The second-order valence-electron chi connectivity index (χ2n) is 19.3. The van der Waals surface area contributed by atoms with E-state index in [0.29, 0.717) is 5.82 Å². The third-order valence-corrected chi connectivity index (χ3v) is 13.6. The van der Waals surface area contributed by atoms with Gasteiger partial charge in [0.15, 0.2) is 5.82 Å². The van der Waals surface area contributed by atoms with Crippen molar-refractivity contribution >= 4 is 21.8 Å². The standard InChI is InChI=1S/C61H53N5/c1-36(2)58-63-59(37(3)4)65-60(64-58)42-23-26-55(62-35-42)41-22-25-47(46-19-13-12-18-45(46)43-29-38(5)28-39(6)30-43)49(32-41)40-24-27-56-51(31-40)52-33-50-48-20-14-15-21-53(48)61(7,8)54(50)34-57(52)66(56)44-16-10-9-11-17-44/h9-37H,1-8H3. The van der Waals surface area contributed by atoms with Crippen molar-refractivity contribution < 1.29 is 0 Å². The van der Waals surface area contributed by atoms with Crippen molar-refractivity contribution in [2.75, 3.05) is 0 Å². The van der Waals surface area contributed by atoms with E-state index in [2.05, 4.69) is 218 Å². The van der Waals surface area contributed by atoms with E-state index in [1.807, 2.05) is 6.20 Å². The zero-order chi connectivity index (χ0) is 45.4. The zero-order valence-corrected chi connectivity index (χ0v) is 39.0. The summed E-state index contributed by atoms with van der Waals surface area (Å²) in [5.74, 6) is 2.64. The Morgan fingerprint density at radius 1 is 0.439 bits per heavy atom. The highest BCUT2D eigenvalue weighted by Crippen LogP contribution is 2.51. The van der Waals surface area contributed by atoms with Gasteiger partial charge in [0.1, 0.15) is 11.6 Å². The van der Waals surface area contributed by atoms with Crippen LogP contribution < -0.4 is 0 Å².